The average molecular weight is 262 g/mol. The maximum absolute atomic E-state index is 12.4. The molecule has 1 aromatic carbocycles. The molecule has 4 heteroatoms. The van der Waals surface area contributed by atoms with Crippen molar-refractivity contribution in [2.75, 3.05) is 18.9 Å². The lowest BCUT2D eigenvalue weighted by atomic mass is 9.98. The lowest BCUT2D eigenvalue weighted by molar-refractivity contribution is -0.134. The Bertz CT molecular complexity index is 415. The summed E-state index contributed by atoms with van der Waals surface area (Å²) in [5.41, 5.74) is 7.35. The molecule has 1 amide bonds. The van der Waals surface area contributed by atoms with Gasteiger partial charge in [-0.2, -0.15) is 0 Å². The summed E-state index contributed by atoms with van der Waals surface area (Å²) in [5, 5.41) is 9.09. The molecule has 4 nitrogen and oxygen atoms in total. The molecule has 0 bridgehead atoms. The van der Waals surface area contributed by atoms with E-state index in [9.17, 15) is 4.79 Å². The quantitative estimate of drug-likeness (QED) is 0.809. The van der Waals surface area contributed by atoms with Gasteiger partial charge in [0.25, 0.3) is 0 Å². The van der Waals surface area contributed by atoms with Gasteiger partial charge in [0.15, 0.2) is 0 Å². The van der Waals surface area contributed by atoms with Crippen molar-refractivity contribution in [1.29, 1.82) is 0 Å². The van der Waals surface area contributed by atoms with Crippen molar-refractivity contribution < 1.29 is 9.90 Å². The molecule has 19 heavy (non-hydrogen) atoms. The van der Waals surface area contributed by atoms with Gasteiger partial charge in [-0.1, -0.05) is 12.1 Å². The molecule has 1 unspecified atom stereocenters. The van der Waals surface area contributed by atoms with Crippen LogP contribution in [0, 0.1) is 0 Å². The molecule has 0 aromatic heterocycles. The second-order valence-corrected chi connectivity index (χ2v) is 5.17. The van der Waals surface area contributed by atoms with Crippen molar-refractivity contribution in [2.24, 2.45) is 0 Å². The maximum atomic E-state index is 12.4. The van der Waals surface area contributed by atoms with Gasteiger partial charge in [0, 0.05) is 24.9 Å². The Morgan fingerprint density at radius 3 is 2.74 bits per heavy atom. The zero-order valence-corrected chi connectivity index (χ0v) is 11.2. The van der Waals surface area contributed by atoms with Crippen molar-refractivity contribution in [1.82, 2.24) is 4.90 Å². The number of likely N-dealkylation sites (tertiary alicyclic amines) is 1. The van der Waals surface area contributed by atoms with E-state index < -0.39 is 0 Å². The number of nitrogens with two attached hydrogens (primary N) is 1. The number of amides is 1. The molecule has 0 spiro atoms. The van der Waals surface area contributed by atoms with E-state index in [0.29, 0.717) is 18.5 Å². The third kappa shape index (κ3) is 3.70. The lowest BCUT2D eigenvalue weighted by Crippen LogP contribution is -2.44. The van der Waals surface area contributed by atoms with Crippen LogP contribution >= 0.6 is 0 Å². The summed E-state index contributed by atoms with van der Waals surface area (Å²) in [6.45, 7) is 0.967. The van der Waals surface area contributed by atoms with Gasteiger partial charge in [0.2, 0.25) is 5.91 Å². The van der Waals surface area contributed by atoms with Crippen LogP contribution in [-0.2, 0) is 11.2 Å². The van der Waals surface area contributed by atoms with E-state index in [1.54, 1.807) is 0 Å². The van der Waals surface area contributed by atoms with Crippen LogP contribution in [0.25, 0.3) is 0 Å². The van der Waals surface area contributed by atoms with Crippen LogP contribution in [0.3, 0.4) is 0 Å². The van der Waals surface area contributed by atoms with Crippen LogP contribution in [-0.4, -0.2) is 35.1 Å². The highest BCUT2D eigenvalue weighted by Crippen LogP contribution is 2.20. The summed E-state index contributed by atoms with van der Waals surface area (Å²) in [4.78, 5) is 14.3. The fourth-order valence-electron chi connectivity index (χ4n) is 2.69. The number of benzene rings is 1. The Morgan fingerprint density at radius 1 is 1.32 bits per heavy atom. The van der Waals surface area contributed by atoms with Crippen LogP contribution < -0.4 is 5.73 Å². The van der Waals surface area contributed by atoms with Gasteiger partial charge >= 0.3 is 0 Å². The Balaban J connectivity index is 1.99. The molecule has 1 aliphatic rings. The van der Waals surface area contributed by atoms with Crippen molar-refractivity contribution >= 4 is 11.6 Å². The summed E-state index contributed by atoms with van der Waals surface area (Å²) >= 11 is 0. The fraction of sp³-hybridized carbons (Fsp3) is 0.533. The second-order valence-electron chi connectivity index (χ2n) is 5.17. The molecule has 0 radical (unpaired) electrons. The molecule has 0 aliphatic carbocycles. The molecule has 0 saturated carbocycles. The molecule has 1 fully saturated rings. The van der Waals surface area contributed by atoms with Crippen molar-refractivity contribution in [2.45, 2.75) is 38.1 Å². The van der Waals surface area contributed by atoms with Gasteiger partial charge in [0.1, 0.15) is 0 Å². The predicted octanol–water partition coefficient (Wildman–Crippen LogP) is 1.57. The van der Waals surface area contributed by atoms with Crippen LogP contribution in [0.5, 0.6) is 0 Å². The highest BCUT2D eigenvalue weighted by Gasteiger charge is 2.25. The van der Waals surface area contributed by atoms with E-state index in [-0.39, 0.29) is 18.6 Å². The highest BCUT2D eigenvalue weighted by atomic mass is 16.3. The van der Waals surface area contributed by atoms with Gasteiger partial charge in [-0.25, -0.2) is 0 Å². The summed E-state index contributed by atoms with van der Waals surface area (Å²) in [6, 6.07) is 7.66. The molecule has 2 rings (SSSR count). The summed E-state index contributed by atoms with van der Waals surface area (Å²) < 4.78 is 0. The third-order valence-electron chi connectivity index (χ3n) is 3.74. The summed E-state index contributed by atoms with van der Waals surface area (Å²) in [7, 11) is 0. The van der Waals surface area contributed by atoms with Gasteiger partial charge in [-0.05, 0) is 43.4 Å². The monoisotopic (exact) mass is 262 g/mol. The van der Waals surface area contributed by atoms with E-state index >= 15 is 0 Å². The standard InChI is InChI=1S/C15H22N2O2/c16-13-6-4-12(5-7-13)11-15(19)17-9-2-1-3-14(17)8-10-18/h4-7,14,18H,1-3,8-11,16H2. The predicted molar refractivity (Wildman–Crippen MR) is 75.6 cm³/mol. The minimum absolute atomic E-state index is 0.149. The Hall–Kier alpha value is -1.55. The summed E-state index contributed by atoms with van der Waals surface area (Å²) in [5.74, 6) is 0.155. The fourth-order valence-corrected chi connectivity index (χ4v) is 2.69. The second kappa shape index (κ2) is 6.57. The molecular formula is C15H22N2O2. The minimum atomic E-state index is 0.149. The number of hydrogen-bond donors (Lipinski definition) is 2. The molecular weight excluding hydrogens is 240 g/mol. The number of anilines is 1. The number of piperidine rings is 1. The molecule has 3 N–H and O–H groups in total. The molecule has 1 saturated heterocycles. The van der Waals surface area contributed by atoms with E-state index in [4.69, 9.17) is 10.8 Å². The summed E-state index contributed by atoms with van der Waals surface area (Å²) in [6.07, 6.45) is 4.33. The first-order valence-corrected chi connectivity index (χ1v) is 6.95. The van der Waals surface area contributed by atoms with Crippen LogP contribution in [0.4, 0.5) is 5.69 Å². The van der Waals surface area contributed by atoms with Crippen LogP contribution in [0.15, 0.2) is 24.3 Å². The van der Waals surface area contributed by atoms with Gasteiger partial charge in [-0.15, -0.1) is 0 Å². The largest absolute Gasteiger partial charge is 0.399 e. The number of hydrogen-bond acceptors (Lipinski definition) is 3. The number of carbonyl (C=O) groups is 1. The normalized spacial score (nSPS) is 19.4. The molecule has 1 aromatic rings. The SMILES string of the molecule is Nc1ccc(CC(=O)N2CCCCC2CCO)cc1. The van der Waals surface area contributed by atoms with E-state index in [0.717, 1.165) is 31.4 Å². The number of aliphatic hydroxyl groups excluding tert-OH is 1. The van der Waals surface area contributed by atoms with Crippen molar-refractivity contribution in [3.05, 3.63) is 29.8 Å². The van der Waals surface area contributed by atoms with Crippen LogP contribution in [0.1, 0.15) is 31.2 Å². The van der Waals surface area contributed by atoms with E-state index in [1.165, 1.54) is 0 Å². The Labute approximate surface area is 114 Å². The molecule has 1 atom stereocenters. The Morgan fingerprint density at radius 2 is 2.05 bits per heavy atom. The van der Waals surface area contributed by atoms with Gasteiger partial charge < -0.3 is 15.7 Å². The van der Waals surface area contributed by atoms with E-state index in [2.05, 4.69) is 0 Å². The third-order valence-corrected chi connectivity index (χ3v) is 3.74. The number of nitrogen functional groups attached to an aromatic ring is 1. The lowest BCUT2D eigenvalue weighted by Gasteiger charge is -2.35. The topological polar surface area (TPSA) is 66.6 Å². The molecule has 1 heterocycles. The smallest absolute Gasteiger partial charge is 0.227 e. The van der Waals surface area contributed by atoms with Crippen LogP contribution in [0.2, 0.25) is 0 Å². The molecule has 1 aliphatic heterocycles. The first kappa shape index (κ1) is 13.9. The minimum Gasteiger partial charge on any atom is -0.399 e. The zero-order valence-electron chi connectivity index (χ0n) is 11.2. The molecule has 104 valence electrons. The van der Waals surface area contributed by atoms with Gasteiger partial charge in [0.05, 0.1) is 6.42 Å². The Kier molecular flexibility index (Phi) is 4.80. The van der Waals surface area contributed by atoms with Crippen molar-refractivity contribution in [3.8, 4) is 0 Å². The first-order chi connectivity index (χ1) is 9.20. The van der Waals surface area contributed by atoms with Crippen molar-refractivity contribution in [3.63, 3.8) is 0 Å². The highest BCUT2D eigenvalue weighted by molar-refractivity contribution is 5.79. The number of rotatable bonds is 4. The maximum Gasteiger partial charge on any atom is 0.227 e. The van der Waals surface area contributed by atoms with E-state index in [1.807, 2.05) is 29.2 Å². The number of nitrogens with zero attached hydrogens (tertiary/aromatic N) is 1. The first-order valence-electron chi connectivity index (χ1n) is 6.95. The van der Waals surface area contributed by atoms with Gasteiger partial charge in [-0.3, -0.25) is 4.79 Å². The zero-order chi connectivity index (χ0) is 13.7. The number of aliphatic hydroxyl groups is 1. The number of carbonyl (C=O) groups excluding carboxylic acids is 1. The average Bonchev–Trinajstić information content (AvgIpc) is 2.42.